The van der Waals surface area contributed by atoms with E-state index in [1.807, 2.05) is 0 Å². The van der Waals surface area contributed by atoms with Crippen LogP contribution in [0.25, 0.3) is 0 Å². The Morgan fingerprint density at radius 1 is 1.21 bits per heavy atom. The van der Waals surface area contributed by atoms with Gasteiger partial charge in [0, 0.05) is 0 Å². The number of esters is 1. The maximum absolute atomic E-state index is 11.8. The van der Waals surface area contributed by atoms with Gasteiger partial charge in [-0.25, -0.2) is 4.79 Å². The highest BCUT2D eigenvalue weighted by atomic mass is 16.5. The molecule has 2 aliphatic rings. The lowest BCUT2D eigenvalue weighted by Crippen LogP contribution is -2.13. The molecule has 0 amide bonds. The van der Waals surface area contributed by atoms with Crippen LogP contribution < -0.4 is 0 Å². The van der Waals surface area contributed by atoms with Gasteiger partial charge in [-0.05, 0) is 61.3 Å². The number of aromatic hydroxyl groups is 1. The number of rotatable bonds is 4. The van der Waals surface area contributed by atoms with Crippen LogP contribution >= 0.6 is 0 Å². The molecule has 1 fully saturated rings. The molecular weight excluding hydrogens is 240 g/mol. The summed E-state index contributed by atoms with van der Waals surface area (Å²) >= 11 is 0. The van der Waals surface area contributed by atoms with E-state index in [0.29, 0.717) is 24.0 Å². The van der Waals surface area contributed by atoms with E-state index in [0.717, 1.165) is 12.3 Å². The number of phenols is 1. The van der Waals surface area contributed by atoms with Crippen molar-refractivity contribution in [1.29, 1.82) is 0 Å². The van der Waals surface area contributed by atoms with Crippen molar-refractivity contribution in [3.63, 3.8) is 0 Å². The Labute approximate surface area is 112 Å². The molecule has 3 atom stereocenters. The van der Waals surface area contributed by atoms with Gasteiger partial charge in [0.05, 0.1) is 12.2 Å². The average Bonchev–Trinajstić information content (AvgIpc) is 3.02. The minimum absolute atomic E-state index is 0.158. The number of allylic oxidation sites excluding steroid dienone is 2. The number of carbonyl (C=O) groups is 1. The summed E-state index contributed by atoms with van der Waals surface area (Å²) in [4.78, 5) is 11.8. The summed E-state index contributed by atoms with van der Waals surface area (Å²) in [6, 6.07) is 6.16. The van der Waals surface area contributed by atoms with Crippen LogP contribution in [-0.4, -0.2) is 17.7 Å². The molecule has 1 N–H and O–H groups in total. The van der Waals surface area contributed by atoms with Crippen molar-refractivity contribution in [1.82, 2.24) is 0 Å². The summed E-state index contributed by atoms with van der Waals surface area (Å²) in [5.41, 5.74) is 0.491. The molecule has 0 saturated heterocycles. The third-order valence-electron chi connectivity index (χ3n) is 4.24. The Balaban J connectivity index is 1.46. The Morgan fingerprint density at radius 2 is 2.00 bits per heavy atom. The monoisotopic (exact) mass is 258 g/mol. The fourth-order valence-corrected chi connectivity index (χ4v) is 3.21. The molecule has 0 spiro atoms. The first-order valence-corrected chi connectivity index (χ1v) is 6.87. The number of carbonyl (C=O) groups excluding carboxylic acids is 1. The van der Waals surface area contributed by atoms with Gasteiger partial charge in [-0.1, -0.05) is 12.2 Å². The van der Waals surface area contributed by atoms with Gasteiger partial charge in [-0.3, -0.25) is 0 Å². The minimum Gasteiger partial charge on any atom is -0.508 e. The first kappa shape index (κ1) is 12.3. The number of fused-ring (bicyclic) bond motifs is 2. The van der Waals surface area contributed by atoms with Crippen LogP contribution in [0.2, 0.25) is 0 Å². The molecule has 0 aliphatic heterocycles. The van der Waals surface area contributed by atoms with Crippen molar-refractivity contribution in [2.75, 3.05) is 6.61 Å². The van der Waals surface area contributed by atoms with Gasteiger partial charge >= 0.3 is 5.97 Å². The van der Waals surface area contributed by atoms with Gasteiger partial charge in [-0.15, -0.1) is 0 Å². The van der Waals surface area contributed by atoms with Crippen molar-refractivity contribution >= 4 is 5.97 Å². The smallest absolute Gasteiger partial charge is 0.338 e. The lowest BCUT2D eigenvalue weighted by atomic mass is 9.91. The summed E-state index contributed by atoms with van der Waals surface area (Å²) < 4.78 is 5.29. The summed E-state index contributed by atoms with van der Waals surface area (Å²) in [6.45, 7) is 0.488. The fourth-order valence-electron chi connectivity index (χ4n) is 3.21. The molecule has 3 nitrogen and oxygen atoms in total. The largest absolute Gasteiger partial charge is 0.508 e. The fraction of sp³-hybridized carbons (Fsp3) is 0.438. The zero-order valence-electron chi connectivity index (χ0n) is 10.8. The van der Waals surface area contributed by atoms with Gasteiger partial charge < -0.3 is 9.84 Å². The van der Waals surface area contributed by atoms with E-state index in [1.54, 1.807) is 12.1 Å². The SMILES string of the molecule is O=C(OCCC1CC2C=CC1C2)c1ccc(O)cc1. The molecule has 1 aromatic carbocycles. The number of hydrogen-bond donors (Lipinski definition) is 1. The lowest BCUT2D eigenvalue weighted by Gasteiger charge is -2.17. The normalized spacial score (nSPS) is 27.7. The Morgan fingerprint density at radius 3 is 2.63 bits per heavy atom. The highest BCUT2D eigenvalue weighted by Gasteiger charge is 2.35. The molecule has 1 saturated carbocycles. The Bertz CT molecular complexity index is 489. The zero-order chi connectivity index (χ0) is 13.2. The predicted octanol–water partition coefficient (Wildman–Crippen LogP) is 3.15. The summed E-state index contributed by atoms with van der Waals surface area (Å²) in [5, 5.41) is 9.16. The molecule has 0 aromatic heterocycles. The van der Waals surface area contributed by atoms with E-state index >= 15 is 0 Å². The molecular formula is C16H18O3. The van der Waals surface area contributed by atoms with E-state index in [-0.39, 0.29) is 11.7 Å². The van der Waals surface area contributed by atoms with E-state index in [2.05, 4.69) is 12.2 Å². The first-order chi connectivity index (χ1) is 9.22. The summed E-state index contributed by atoms with van der Waals surface area (Å²) in [7, 11) is 0. The average molecular weight is 258 g/mol. The number of benzene rings is 1. The van der Waals surface area contributed by atoms with Gasteiger partial charge in [0.1, 0.15) is 5.75 Å². The maximum Gasteiger partial charge on any atom is 0.338 e. The van der Waals surface area contributed by atoms with E-state index in [9.17, 15) is 4.79 Å². The second-order valence-corrected chi connectivity index (χ2v) is 5.51. The van der Waals surface area contributed by atoms with Gasteiger partial charge in [0.2, 0.25) is 0 Å². The van der Waals surface area contributed by atoms with E-state index in [4.69, 9.17) is 9.84 Å². The highest BCUT2D eigenvalue weighted by molar-refractivity contribution is 5.89. The standard InChI is InChI=1S/C16H18O3/c17-15-5-3-12(4-6-15)16(18)19-8-7-14-10-11-1-2-13(14)9-11/h1-6,11,13-14,17H,7-10H2. The number of ether oxygens (including phenoxy) is 1. The summed E-state index contributed by atoms with van der Waals surface area (Å²) in [6.07, 6.45) is 8.13. The maximum atomic E-state index is 11.8. The molecule has 100 valence electrons. The van der Waals surface area contributed by atoms with Crippen molar-refractivity contribution in [3.8, 4) is 5.75 Å². The molecule has 3 rings (SSSR count). The van der Waals surface area contributed by atoms with Crippen molar-refractivity contribution in [3.05, 3.63) is 42.0 Å². The van der Waals surface area contributed by atoms with E-state index < -0.39 is 0 Å². The second-order valence-electron chi connectivity index (χ2n) is 5.51. The van der Waals surface area contributed by atoms with Crippen LogP contribution in [0.5, 0.6) is 5.75 Å². The zero-order valence-corrected chi connectivity index (χ0v) is 10.8. The first-order valence-electron chi connectivity index (χ1n) is 6.87. The number of phenolic OH excluding ortho intramolecular Hbond substituents is 1. The highest BCUT2D eigenvalue weighted by Crippen LogP contribution is 2.44. The molecule has 0 radical (unpaired) electrons. The minimum atomic E-state index is -0.307. The predicted molar refractivity (Wildman–Crippen MR) is 71.9 cm³/mol. The van der Waals surface area contributed by atoms with E-state index in [1.165, 1.54) is 25.0 Å². The Hall–Kier alpha value is -1.77. The molecule has 0 heterocycles. The third-order valence-corrected chi connectivity index (χ3v) is 4.24. The van der Waals surface area contributed by atoms with Crippen molar-refractivity contribution in [2.45, 2.75) is 19.3 Å². The van der Waals surface area contributed by atoms with Crippen LogP contribution in [-0.2, 0) is 4.74 Å². The molecule has 19 heavy (non-hydrogen) atoms. The second kappa shape index (κ2) is 5.08. The molecule has 3 unspecified atom stereocenters. The number of hydrogen-bond acceptors (Lipinski definition) is 3. The van der Waals surface area contributed by atoms with Crippen molar-refractivity contribution in [2.24, 2.45) is 17.8 Å². The van der Waals surface area contributed by atoms with Crippen LogP contribution in [0, 0.1) is 17.8 Å². The molecule has 1 aromatic rings. The quantitative estimate of drug-likeness (QED) is 0.666. The summed E-state index contributed by atoms with van der Waals surface area (Å²) in [5.74, 6) is 2.01. The third kappa shape index (κ3) is 2.65. The van der Waals surface area contributed by atoms with Gasteiger partial charge in [-0.2, -0.15) is 0 Å². The molecule has 3 heteroatoms. The van der Waals surface area contributed by atoms with Crippen LogP contribution in [0.4, 0.5) is 0 Å². The molecule has 2 bridgehead atoms. The molecule has 2 aliphatic carbocycles. The van der Waals surface area contributed by atoms with Crippen molar-refractivity contribution < 1.29 is 14.6 Å². The van der Waals surface area contributed by atoms with Gasteiger partial charge in [0.25, 0.3) is 0 Å². The van der Waals surface area contributed by atoms with Crippen LogP contribution in [0.3, 0.4) is 0 Å². The van der Waals surface area contributed by atoms with Crippen LogP contribution in [0.1, 0.15) is 29.6 Å². The van der Waals surface area contributed by atoms with Crippen LogP contribution in [0.15, 0.2) is 36.4 Å². The Kier molecular flexibility index (Phi) is 3.28. The topological polar surface area (TPSA) is 46.5 Å². The van der Waals surface area contributed by atoms with Gasteiger partial charge in [0.15, 0.2) is 0 Å². The lowest BCUT2D eigenvalue weighted by molar-refractivity contribution is 0.0477.